The van der Waals surface area contributed by atoms with Gasteiger partial charge in [0.05, 0.1) is 0 Å². The second-order valence-corrected chi connectivity index (χ2v) is 8.26. The Morgan fingerprint density at radius 1 is 1.06 bits per heavy atom. The standard InChI is InChI=1S/C26H30N2O5/c1-4-10-22(25(30)31)27-24(29)23(16(3)5-2)28-26(32)33-15-21-19-13-8-6-11-17(19)18-12-7-9-14-20(18)21/h4,6-9,11-14,16,21-23H,1,5,10,15H2,2-3H3,(H,27,29)(H,28,32)(H,30,31)/t16?,22?,23-/m0/s1. The van der Waals surface area contributed by atoms with Gasteiger partial charge in [-0.05, 0) is 34.6 Å². The molecule has 2 unspecified atom stereocenters. The molecule has 0 heterocycles. The molecule has 0 fully saturated rings. The van der Waals surface area contributed by atoms with E-state index in [2.05, 4.69) is 29.3 Å². The third-order valence-electron chi connectivity index (χ3n) is 6.13. The molecule has 0 bridgehead atoms. The molecule has 174 valence electrons. The molecule has 0 aliphatic heterocycles. The van der Waals surface area contributed by atoms with Gasteiger partial charge < -0.3 is 20.5 Å². The fourth-order valence-corrected chi connectivity index (χ4v) is 4.12. The maximum Gasteiger partial charge on any atom is 0.407 e. The van der Waals surface area contributed by atoms with Gasteiger partial charge in [-0.2, -0.15) is 0 Å². The first-order chi connectivity index (χ1) is 15.9. The van der Waals surface area contributed by atoms with Gasteiger partial charge in [-0.15, -0.1) is 6.58 Å². The molecule has 1 aliphatic carbocycles. The number of hydrogen-bond donors (Lipinski definition) is 3. The van der Waals surface area contributed by atoms with E-state index in [4.69, 9.17) is 4.74 Å². The summed E-state index contributed by atoms with van der Waals surface area (Å²) in [6, 6.07) is 14.0. The van der Waals surface area contributed by atoms with E-state index in [1.807, 2.05) is 50.2 Å². The normalized spacial score (nSPS) is 14.8. The molecule has 1 aliphatic rings. The molecule has 7 nitrogen and oxygen atoms in total. The van der Waals surface area contributed by atoms with Gasteiger partial charge in [0.1, 0.15) is 18.7 Å². The average Bonchev–Trinajstić information content (AvgIpc) is 3.14. The van der Waals surface area contributed by atoms with Gasteiger partial charge in [-0.25, -0.2) is 9.59 Å². The highest BCUT2D eigenvalue weighted by Crippen LogP contribution is 2.44. The Morgan fingerprint density at radius 3 is 2.15 bits per heavy atom. The first kappa shape index (κ1) is 24.0. The number of rotatable bonds is 10. The molecule has 33 heavy (non-hydrogen) atoms. The van der Waals surface area contributed by atoms with Crippen LogP contribution in [0.2, 0.25) is 0 Å². The van der Waals surface area contributed by atoms with Crippen molar-refractivity contribution in [3.8, 4) is 11.1 Å². The van der Waals surface area contributed by atoms with Crippen LogP contribution >= 0.6 is 0 Å². The van der Waals surface area contributed by atoms with Gasteiger partial charge in [0.2, 0.25) is 5.91 Å². The predicted molar refractivity (Wildman–Crippen MR) is 126 cm³/mol. The molecule has 0 radical (unpaired) electrons. The zero-order valence-electron chi connectivity index (χ0n) is 18.9. The van der Waals surface area contributed by atoms with Crippen LogP contribution in [0.15, 0.2) is 61.2 Å². The maximum absolute atomic E-state index is 12.8. The lowest BCUT2D eigenvalue weighted by molar-refractivity contribution is -0.142. The fourth-order valence-electron chi connectivity index (χ4n) is 4.12. The molecule has 0 spiro atoms. The van der Waals surface area contributed by atoms with Crippen molar-refractivity contribution in [2.45, 2.75) is 44.7 Å². The maximum atomic E-state index is 12.8. The van der Waals surface area contributed by atoms with Crippen molar-refractivity contribution in [3.63, 3.8) is 0 Å². The summed E-state index contributed by atoms with van der Waals surface area (Å²) in [6.45, 7) is 7.36. The summed E-state index contributed by atoms with van der Waals surface area (Å²) in [5, 5.41) is 14.4. The first-order valence-electron chi connectivity index (χ1n) is 11.1. The van der Waals surface area contributed by atoms with E-state index in [0.717, 1.165) is 22.3 Å². The van der Waals surface area contributed by atoms with E-state index in [-0.39, 0.29) is 24.9 Å². The van der Waals surface area contributed by atoms with Crippen molar-refractivity contribution in [2.75, 3.05) is 6.61 Å². The molecule has 0 saturated carbocycles. The van der Waals surface area contributed by atoms with Crippen LogP contribution in [0.3, 0.4) is 0 Å². The highest BCUT2D eigenvalue weighted by molar-refractivity contribution is 5.89. The molecule has 2 aromatic rings. The van der Waals surface area contributed by atoms with Gasteiger partial charge in [-0.1, -0.05) is 74.9 Å². The van der Waals surface area contributed by atoms with Crippen LogP contribution in [0, 0.1) is 5.92 Å². The topological polar surface area (TPSA) is 105 Å². The number of aliphatic carboxylic acids is 1. The second kappa shape index (κ2) is 10.8. The van der Waals surface area contributed by atoms with Gasteiger partial charge in [0.15, 0.2) is 0 Å². The molecule has 7 heteroatoms. The molecule has 0 aromatic heterocycles. The summed E-state index contributed by atoms with van der Waals surface area (Å²) in [7, 11) is 0. The van der Waals surface area contributed by atoms with Crippen molar-refractivity contribution >= 4 is 18.0 Å². The molecule has 2 aromatic carbocycles. The van der Waals surface area contributed by atoms with Gasteiger partial charge in [-0.3, -0.25) is 4.79 Å². The number of carbonyl (C=O) groups is 3. The van der Waals surface area contributed by atoms with E-state index < -0.39 is 30.1 Å². The SMILES string of the molecule is C=CCC(NC(=O)[C@@H](NC(=O)OCC1c2ccccc2-c2ccccc21)C(C)CC)C(=O)O. The van der Waals surface area contributed by atoms with Crippen LogP contribution in [0.1, 0.15) is 43.7 Å². The van der Waals surface area contributed by atoms with Crippen LogP contribution in [0.5, 0.6) is 0 Å². The summed E-state index contributed by atoms with van der Waals surface area (Å²) in [6.07, 6.45) is 1.41. The lowest BCUT2D eigenvalue weighted by atomic mass is 9.97. The number of carbonyl (C=O) groups excluding carboxylic acids is 2. The third-order valence-corrected chi connectivity index (χ3v) is 6.13. The molecule has 3 rings (SSSR count). The van der Waals surface area contributed by atoms with E-state index in [0.29, 0.717) is 6.42 Å². The number of carboxylic acids is 1. The average molecular weight is 451 g/mol. The zero-order valence-corrected chi connectivity index (χ0v) is 18.9. The number of nitrogens with one attached hydrogen (secondary N) is 2. The Labute approximate surface area is 193 Å². The quantitative estimate of drug-likeness (QED) is 0.473. The highest BCUT2D eigenvalue weighted by Gasteiger charge is 2.32. The van der Waals surface area contributed by atoms with Crippen LogP contribution in [0.25, 0.3) is 11.1 Å². The molecular weight excluding hydrogens is 420 g/mol. The van der Waals surface area contributed by atoms with Crippen molar-refractivity contribution in [1.82, 2.24) is 10.6 Å². The minimum atomic E-state index is -1.16. The Kier molecular flexibility index (Phi) is 7.87. The Bertz CT molecular complexity index is 989. The van der Waals surface area contributed by atoms with E-state index in [9.17, 15) is 19.5 Å². The number of carboxylic acid groups (broad SMARTS) is 1. The lowest BCUT2D eigenvalue weighted by Gasteiger charge is -2.25. The number of ether oxygens (including phenoxy) is 1. The minimum absolute atomic E-state index is 0.0826. The largest absolute Gasteiger partial charge is 0.480 e. The number of fused-ring (bicyclic) bond motifs is 3. The van der Waals surface area contributed by atoms with E-state index >= 15 is 0 Å². The highest BCUT2D eigenvalue weighted by atomic mass is 16.5. The summed E-state index contributed by atoms with van der Waals surface area (Å²) in [5.74, 6) is -2.04. The Balaban J connectivity index is 1.68. The Hall–Kier alpha value is -3.61. The third kappa shape index (κ3) is 5.42. The monoisotopic (exact) mass is 450 g/mol. The van der Waals surface area contributed by atoms with Crippen molar-refractivity contribution in [2.24, 2.45) is 5.92 Å². The van der Waals surface area contributed by atoms with Gasteiger partial charge >= 0.3 is 12.1 Å². The van der Waals surface area contributed by atoms with Crippen LogP contribution < -0.4 is 10.6 Å². The second-order valence-electron chi connectivity index (χ2n) is 8.26. The van der Waals surface area contributed by atoms with Crippen LogP contribution in [-0.4, -0.2) is 41.8 Å². The van der Waals surface area contributed by atoms with Crippen molar-refractivity contribution < 1.29 is 24.2 Å². The van der Waals surface area contributed by atoms with Crippen LogP contribution in [0.4, 0.5) is 4.79 Å². The summed E-state index contributed by atoms with van der Waals surface area (Å²) in [4.78, 5) is 36.8. The smallest absolute Gasteiger partial charge is 0.407 e. The summed E-state index contributed by atoms with van der Waals surface area (Å²) in [5.41, 5.74) is 4.44. The number of benzene rings is 2. The summed E-state index contributed by atoms with van der Waals surface area (Å²) < 4.78 is 5.55. The number of amides is 2. The minimum Gasteiger partial charge on any atom is -0.480 e. The fraction of sp³-hybridized carbons (Fsp3) is 0.346. The predicted octanol–water partition coefficient (Wildman–Crippen LogP) is 4.09. The van der Waals surface area contributed by atoms with Crippen molar-refractivity contribution in [3.05, 3.63) is 72.3 Å². The van der Waals surface area contributed by atoms with Gasteiger partial charge in [0.25, 0.3) is 0 Å². The number of alkyl carbamates (subject to hydrolysis) is 1. The molecule has 3 N–H and O–H groups in total. The Morgan fingerprint density at radius 2 is 1.64 bits per heavy atom. The first-order valence-corrected chi connectivity index (χ1v) is 11.1. The van der Waals surface area contributed by atoms with Crippen molar-refractivity contribution in [1.29, 1.82) is 0 Å². The zero-order chi connectivity index (χ0) is 24.0. The van der Waals surface area contributed by atoms with E-state index in [1.165, 1.54) is 6.08 Å². The molecule has 3 atom stereocenters. The molecule has 0 saturated heterocycles. The van der Waals surface area contributed by atoms with Gasteiger partial charge in [0, 0.05) is 5.92 Å². The van der Waals surface area contributed by atoms with E-state index in [1.54, 1.807) is 0 Å². The number of hydrogen-bond acceptors (Lipinski definition) is 4. The summed E-state index contributed by atoms with van der Waals surface area (Å²) >= 11 is 0. The lowest BCUT2D eigenvalue weighted by Crippen LogP contribution is -2.54. The molecular formula is C26H30N2O5. The molecule has 2 amide bonds. The van der Waals surface area contributed by atoms with Crippen LogP contribution in [-0.2, 0) is 14.3 Å².